The number of Topliss-reactive ketones (excluding diaryl/α,β-unsaturated/α-hetero) is 1. The van der Waals surface area contributed by atoms with Crippen LogP contribution in [0, 0.1) is 34.5 Å². The number of alkyl halides is 8. The lowest BCUT2D eigenvalue weighted by Crippen LogP contribution is -2.54. The molecule has 0 radical (unpaired) electrons. The van der Waals surface area contributed by atoms with Crippen molar-refractivity contribution in [1.29, 1.82) is 0 Å². The van der Waals surface area contributed by atoms with Crippen LogP contribution in [0.2, 0.25) is 0 Å². The molecule has 0 N–H and O–H groups in total. The minimum absolute atomic E-state index is 0.0184. The van der Waals surface area contributed by atoms with Gasteiger partial charge in [0, 0.05) is 29.3 Å². The van der Waals surface area contributed by atoms with Gasteiger partial charge in [-0.25, -0.2) is 4.39 Å². The van der Waals surface area contributed by atoms with Gasteiger partial charge in [-0.05, 0) is 85.9 Å². The summed E-state index contributed by atoms with van der Waals surface area (Å²) >= 11 is 1.50. The van der Waals surface area contributed by atoms with Crippen molar-refractivity contribution in [3.63, 3.8) is 0 Å². The average Bonchev–Trinajstić information content (AvgIpc) is 3.08. The summed E-state index contributed by atoms with van der Waals surface area (Å²) in [4.78, 5) is 25.0. The van der Waals surface area contributed by atoms with Crippen LogP contribution in [0.1, 0.15) is 91.9 Å². The molecule has 4 aliphatic carbocycles. The van der Waals surface area contributed by atoms with E-state index in [0.29, 0.717) is 5.92 Å². The van der Waals surface area contributed by atoms with Crippen LogP contribution >= 0.6 is 22.6 Å². The molecule has 0 aromatic heterocycles. The van der Waals surface area contributed by atoms with Gasteiger partial charge in [-0.2, -0.15) is 26.3 Å². The van der Waals surface area contributed by atoms with Crippen LogP contribution in [0.3, 0.4) is 0 Å². The van der Waals surface area contributed by atoms with E-state index in [2.05, 4.69) is 6.92 Å². The normalized spacial score (nSPS) is 36.5. The Labute approximate surface area is 244 Å². The second kappa shape index (κ2) is 10.7. The standard InChI is InChI=1S/C29H38F7IO3/c1-15(11-18(37)14-27(30,28(31,32)33)29(34,35)36)22-13-23(39)24-20-6-5-17-12-19(40-16(2)38)7-9-25(17,3)21(20)8-10-26(22,24)4/h15,17-19,21-22H,5-14H2,1-4H3/t15-,17+,18-,19+,21+,22-,25+,26-/m1/s1. The number of rotatable bonds is 6. The molecule has 3 nitrogen and oxygen atoms in total. The van der Waals surface area contributed by atoms with E-state index in [0.717, 1.165) is 50.5 Å². The van der Waals surface area contributed by atoms with Gasteiger partial charge >= 0.3 is 18.3 Å². The minimum atomic E-state index is -6.06. The number of ether oxygens (including phenoxy) is 1. The summed E-state index contributed by atoms with van der Waals surface area (Å²) in [6, 6.07) is 0. The van der Waals surface area contributed by atoms with E-state index in [-0.39, 0.29) is 53.9 Å². The Hall–Kier alpha value is -0.880. The summed E-state index contributed by atoms with van der Waals surface area (Å²) < 4.78 is 97.6. The molecule has 0 spiro atoms. The molecule has 0 aromatic rings. The fourth-order valence-electron chi connectivity index (χ4n) is 8.84. The van der Waals surface area contributed by atoms with E-state index in [9.17, 15) is 40.3 Å². The maximum atomic E-state index is 14.4. The number of hydrogen-bond donors (Lipinski definition) is 0. The second-order valence-electron chi connectivity index (χ2n) is 13.2. The Bertz CT molecular complexity index is 1040. The van der Waals surface area contributed by atoms with Crippen molar-refractivity contribution in [3.8, 4) is 0 Å². The van der Waals surface area contributed by atoms with E-state index >= 15 is 0 Å². The lowest BCUT2D eigenvalue weighted by molar-refractivity contribution is -0.343. The van der Waals surface area contributed by atoms with Gasteiger partial charge in [0.25, 0.3) is 5.67 Å². The van der Waals surface area contributed by atoms with Crippen molar-refractivity contribution in [3.05, 3.63) is 11.1 Å². The highest BCUT2D eigenvalue weighted by atomic mass is 127. The SMILES string of the molecule is CC(=O)O[C@H]1CC[C@@]2(C)[C@@H](CCC3=C4C(=O)C[C@H]([C@H](C)C[C@@H](I)CC(F)(C(F)(F)F)C(F)(F)F)[C@@]4(C)CC[C@@H]32)C1. The largest absolute Gasteiger partial charge is 0.463 e. The first kappa shape index (κ1) is 32.0. The van der Waals surface area contributed by atoms with Gasteiger partial charge in [0.15, 0.2) is 5.78 Å². The topological polar surface area (TPSA) is 43.4 Å². The Morgan fingerprint density at radius 1 is 1.05 bits per heavy atom. The Balaban J connectivity index is 1.53. The third-order valence-electron chi connectivity index (χ3n) is 10.9. The number of ketones is 1. The molecular formula is C29H38F7IO3. The van der Waals surface area contributed by atoms with Gasteiger partial charge in [-0.3, -0.25) is 9.59 Å². The summed E-state index contributed by atoms with van der Waals surface area (Å²) in [5, 5.41) is 0. The molecule has 3 fully saturated rings. The predicted octanol–water partition coefficient (Wildman–Crippen LogP) is 8.87. The molecule has 11 heteroatoms. The summed E-state index contributed by atoms with van der Waals surface area (Å²) in [5.74, 6) is -0.225. The first-order valence-electron chi connectivity index (χ1n) is 14.1. The first-order chi connectivity index (χ1) is 18.2. The van der Waals surface area contributed by atoms with Crippen molar-refractivity contribution >= 4 is 34.3 Å². The minimum Gasteiger partial charge on any atom is -0.463 e. The fraction of sp³-hybridized carbons (Fsp3) is 0.862. The summed E-state index contributed by atoms with van der Waals surface area (Å²) in [7, 11) is 0. The molecule has 0 unspecified atom stereocenters. The van der Waals surface area contributed by atoms with Gasteiger partial charge in [-0.15, -0.1) is 0 Å². The summed E-state index contributed by atoms with van der Waals surface area (Å²) in [6.45, 7) is 7.49. The maximum Gasteiger partial charge on any atom is 0.431 e. The monoisotopic (exact) mass is 694 g/mol. The number of carbonyl (C=O) groups excluding carboxylic acids is 2. The van der Waals surface area contributed by atoms with E-state index in [1.54, 1.807) is 6.92 Å². The van der Waals surface area contributed by atoms with E-state index < -0.39 is 33.8 Å². The van der Waals surface area contributed by atoms with Crippen LogP contribution in [-0.4, -0.2) is 39.8 Å². The van der Waals surface area contributed by atoms with Gasteiger partial charge in [0.2, 0.25) is 0 Å². The number of hydrogen-bond acceptors (Lipinski definition) is 3. The van der Waals surface area contributed by atoms with E-state index in [1.165, 1.54) is 35.1 Å². The third kappa shape index (κ3) is 5.35. The highest BCUT2D eigenvalue weighted by Gasteiger charge is 2.72. The van der Waals surface area contributed by atoms with Crippen molar-refractivity contribution < 1.29 is 45.1 Å². The first-order valence-corrected chi connectivity index (χ1v) is 15.4. The number of carbonyl (C=O) groups is 2. The van der Waals surface area contributed by atoms with Crippen molar-refractivity contribution in [1.82, 2.24) is 0 Å². The smallest absolute Gasteiger partial charge is 0.431 e. The molecule has 40 heavy (non-hydrogen) atoms. The molecule has 228 valence electrons. The van der Waals surface area contributed by atoms with E-state index in [4.69, 9.17) is 4.74 Å². The lowest BCUT2D eigenvalue weighted by Gasteiger charge is -2.56. The van der Waals surface area contributed by atoms with Gasteiger partial charge in [0.1, 0.15) is 6.10 Å². The maximum absolute atomic E-state index is 14.4. The van der Waals surface area contributed by atoms with Crippen molar-refractivity contribution in [2.45, 2.75) is 120 Å². The summed E-state index contributed by atoms with van der Waals surface area (Å²) in [5.41, 5.74) is -3.78. The summed E-state index contributed by atoms with van der Waals surface area (Å²) in [6.07, 6.45) is -8.03. The van der Waals surface area contributed by atoms with Gasteiger partial charge in [0.05, 0.1) is 0 Å². The highest BCUT2D eigenvalue weighted by molar-refractivity contribution is 14.1. The predicted molar refractivity (Wildman–Crippen MR) is 143 cm³/mol. The zero-order chi connectivity index (χ0) is 30.1. The lowest BCUT2D eigenvalue weighted by atomic mass is 9.48. The quantitative estimate of drug-likeness (QED) is 0.121. The van der Waals surface area contributed by atoms with E-state index in [1.807, 2.05) is 6.92 Å². The van der Waals surface area contributed by atoms with Crippen molar-refractivity contribution in [2.24, 2.45) is 34.5 Å². The Morgan fingerprint density at radius 3 is 2.25 bits per heavy atom. The van der Waals surface area contributed by atoms with Gasteiger partial charge < -0.3 is 4.74 Å². The van der Waals surface area contributed by atoms with Crippen LogP contribution in [0.15, 0.2) is 11.1 Å². The number of esters is 1. The molecule has 0 aromatic carbocycles. The number of halogens is 8. The molecule has 0 bridgehead atoms. The van der Waals surface area contributed by atoms with Crippen molar-refractivity contribution in [2.75, 3.05) is 0 Å². The fourth-order valence-corrected chi connectivity index (χ4v) is 10.3. The zero-order valence-corrected chi connectivity index (χ0v) is 25.4. The van der Waals surface area contributed by atoms with Crippen LogP contribution in [-0.2, 0) is 14.3 Å². The Kier molecular flexibility index (Phi) is 8.56. The molecule has 8 atom stereocenters. The molecule has 3 saturated carbocycles. The molecular weight excluding hydrogens is 656 g/mol. The highest BCUT2D eigenvalue weighted by Crippen LogP contribution is 2.65. The molecule has 0 amide bonds. The average molecular weight is 695 g/mol. The van der Waals surface area contributed by atoms with Crippen LogP contribution in [0.4, 0.5) is 30.7 Å². The molecule has 0 saturated heterocycles. The molecule has 0 heterocycles. The second-order valence-corrected chi connectivity index (χ2v) is 15.0. The van der Waals surface area contributed by atoms with Crippen LogP contribution < -0.4 is 0 Å². The molecule has 0 aliphatic heterocycles. The molecule has 4 rings (SSSR count). The third-order valence-corrected chi connectivity index (χ3v) is 11.8. The number of fused-ring (bicyclic) bond motifs is 4. The zero-order valence-electron chi connectivity index (χ0n) is 23.3. The van der Waals surface area contributed by atoms with Crippen LogP contribution in [0.25, 0.3) is 0 Å². The molecule has 4 aliphatic rings. The Morgan fingerprint density at radius 2 is 1.68 bits per heavy atom. The van der Waals surface area contributed by atoms with Gasteiger partial charge in [-0.1, -0.05) is 48.9 Å². The van der Waals surface area contributed by atoms with Crippen LogP contribution in [0.5, 0.6) is 0 Å². The number of allylic oxidation sites excluding steroid dienone is 2.